The van der Waals surface area contributed by atoms with Gasteiger partial charge in [0.05, 0.1) is 26.9 Å². The first-order valence-electron chi connectivity index (χ1n) is 7.52. The van der Waals surface area contributed by atoms with Gasteiger partial charge in [0.2, 0.25) is 0 Å². The Morgan fingerprint density at radius 3 is 2.86 bits per heavy atom. The Kier molecular flexibility index (Phi) is 6.70. The first-order chi connectivity index (χ1) is 10.7. The number of ether oxygens (including phenoxy) is 2. The summed E-state index contributed by atoms with van der Waals surface area (Å²) in [5, 5.41) is 16.5. The summed E-state index contributed by atoms with van der Waals surface area (Å²) in [6.07, 6.45) is 1.06. The van der Waals surface area contributed by atoms with E-state index in [0.29, 0.717) is 10.9 Å². The fourth-order valence-electron chi connectivity index (χ4n) is 2.39. The van der Waals surface area contributed by atoms with Crippen LogP contribution >= 0.6 is 12.2 Å². The van der Waals surface area contributed by atoms with Crippen molar-refractivity contribution in [1.82, 2.24) is 5.32 Å². The molecule has 1 fully saturated rings. The van der Waals surface area contributed by atoms with Gasteiger partial charge in [0.15, 0.2) is 16.6 Å². The molecule has 6 nitrogen and oxygen atoms in total. The van der Waals surface area contributed by atoms with Crippen molar-refractivity contribution in [2.45, 2.75) is 6.42 Å². The van der Waals surface area contributed by atoms with E-state index in [1.807, 2.05) is 6.07 Å². The number of quaternary nitrogens is 1. The van der Waals surface area contributed by atoms with Crippen LogP contribution in [0.2, 0.25) is 0 Å². The summed E-state index contributed by atoms with van der Waals surface area (Å²) >= 11 is 5.25. The van der Waals surface area contributed by atoms with Gasteiger partial charge in [-0.1, -0.05) is 0 Å². The van der Waals surface area contributed by atoms with Crippen molar-refractivity contribution in [3.8, 4) is 11.5 Å². The van der Waals surface area contributed by atoms with Crippen molar-refractivity contribution in [1.29, 1.82) is 0 Å². The van der Waals surface area contributed by atoms with Crippen molar-refractivity contribution in [3.05, 3.63) is 18.2 Å². The quantitative estimate of drug-likeness (QED) is 0.436. The fourth-order valence-corrected chi connectivity index (χ4v) is 2.61. The van der Waals surface area contributed by atoms with Crippen LogP contribution in [0.4, 0.5) is 5.69 Å². The molecule has 22 heavy (non-hydrogen) atoms. The van der Waals surface area contributed by atoms with Gasteiger partial charge < -0.3 is 30.1 Å². The Morgan fingerprint density at radius 1 is 1.41 bits per heavy atom. The number of phenolic OH excluding ortho intramolecular Hbond substituents is 1. The van der Waals surface area contributed by atoms with Gasteiger partial charge in [-0.05, 0) is 24.4 Å². The van der Waals surface area contributed by atoms with Crippen molar-refractivity contribution < 1.29 is 19.5 Å². The zero-order valence-electron chi connectivity index (χ0n) is 12.9. The van der Waals surface area contributed by atoms with E-state index in [0.717, 1.165) is 51.5 Å². The molecule has 0 amide bonds. The minimum atomic E-state index is 0.0891. The SMILES string of the molecule is COc1ccc(NC(=S)NCCC[NH+]2CCOCC2)cc1O. The highest BCUT2D eigenvalue weighted by molar-refractivity contribution is 7.80. The molecule has 1 aromatic rings. The van der Waals surface area contributed by atoms with E-state index >= 15 is 0 Å². The highest BCUT2D eigenvalue weighted by Gasteiger charge is 2.12. The lowest BCUT2D eigenvalue weighted by molar-refractivity contribution is -0.908. The van der Waals surface area contributed by atoms with E-state index < -0.39 is 0 Å². The molecule has 2 rings (SSSR count). The number of nitrogens with one attached hydrogen (secondary N) is 3. The molecule has 1 heterocycles. The van der Waals surface area contributed by atoms with Gasteiger partial charge in [0, 0.05) is 24.7 Å². The zero-order valence-corrected chi connectivity index (χ0v) is 13.7. The van der Waals surface area contributed by atoms with Gasteiger partial charge in [-0.2, -0.15) is 0 Å². The Balaban J connectivity index is 1.66. The van der Waals surface area contributed by atoms with Gasteiger partial charge >= 0.3 is 0 Å². The number of anilines is 1. The van der Waals surface area contributed by atoms with Crippen LogP contribution in [0.3, 0.4) is 0 Å². The first-order valence-corrected chi connectivity index (χ1v) is 7.93. The molecule has 1 aromatic carbocycles. The predicted molar refractivity (Wildman–Crippen MR) is 89.9 cm³/mol. The van der Waals surface area contributed by atoms with Gasteiger partial charge in [-0.15, -0.1) is 0 Å². The molecule has 0 aromatic heterocycles. The molecule has 0 saturated carbocycles. The average molecular weight is 326 g/mol. The highest BCUT2D eigenvalue weighted by atomic mass is 32.1. The molecule has 0 atom stereocenters. The predicted octanol–water partition coefficient (Wildman–Crippen LogP) is -0.00760. The Bertz CT molecular complexity index is 493. The number of phenols is 1. The minimum Gasteiger partial charge on any atom is -0.504 e. The van der Waals surface area contributed by atoms with Crippen LogP contribution in [0, 0.1) is 0 Å². The monoisotopic (exact) mass is 326 g/mol. The third-order valence-electron chi connectivity index (χ3n) is 3.63. The lowest BCUT2D eigenvalue weighted by atomic mass is 10.3. The van der Waals surface area contributed by atoms with Crippen LogP contribution in [0.15, 0.2) is 18.2 Å². The number of hydrogen-bond donors (Lipinski definition) is 4. The van der Waals surface area contributed by atoms with Crippen LogP contribution < -0.4 is 20.3 Å². The Morgan fingerprint density at radius 2 is 2.18 bits per heavy atom. The lowest BCUT2D eigenvalue weighted by Crippen LogP contribution is -3.14. The van der Waals surface area contributed by atoms with Crippen LogP contribution in [-0.4, -0.2) is 56.7 Å². The molecule has 4 N–H and O–H groups in total. The molecular formula is C15H24N3O3S+. The molecule has 0 radical (unpaired) electrons. The number of benzene rings is 1. The maximum Gasteiger partial charge on any atom is 0.170 e. The van der Waals surface area contributed by atoms with E-state index in [1.54, 1.807) is 17.0 Å². The van der Waals surface area contributed by atoms with E-state index in [4.69, 9.17) is 21.7 Å². The Hall–Kier alpha value is -1.57. The highest BCUT2D eigenvalue weighted by Crippen LogP contribution is 2.28. The smallest absolute Gasteiger partial charge is 0.170 e. The second-order valence-corrected chi connectivity index (χ2v) is 5.64. The largest absolute Gasteiger partial charge is 0.504 e. The normalized spacial score (nSPS) is 15.3. The summed E-state index contributed by atoms with van der Waals surface area (Å²) in [7, 11) is 1.52. The topological polar surface area (TPSA) is 67.2 Å². The summed E-state index contributed by atoms with van der Waals surface area (Å²) in [6, 6.07) is 5.09. The van der Waals surface area contributed by atoms with Gasteiger partial charge in [-0.25, -0.2) is 0 Å². The van der Waals surface area contributed by atoms with Crippen molar-refractivity contribution in [2.24, 2.45) is 0 Å². The molecule has 1 aliphatic rings. The van der Waals surface area contributed by atoms with E-state index in [-0.39, 0.29) is 5.75 Å². The van der Waals surface area contributed by atoms with E-state index in [1.165, 1.54) is 7.11 Å². The molecule has 1 saturated heterocycles. The van der Waals surface area contributed by atoms with E-state index in [9.17, 15) is 5.11 Å². The molecule has 122 valence electrons. The summed E-state index contributed by atoms with van der Waals surface area (Å²) < 4.78 is 10.3. The second kappa shape index (κ2) is 8.77. The van der Waals surface area contributed by atoms with Crippen LogP contribution in [0.25, 0.3) is 0 Å². The number of thiocarbonyl (C=S) groups is 1. The fraction of sp³-hybridized carbons (Fsp3) is 0.533. The number of aromatic hydroxyl groups is 1. The Labute approximate surface area is 136 Å². The van der Waals surface area contributed by atoms with Gasteiger partial charge in [0.25, 0.3) is 0 Å². The number of hydrogen-bond acceptors (Lipinski definition) is 4. The summed E-state index contributed by atoms with van der Waals surface area (Å²) in [6.45, 7) is 5.87. The van der Waals surface area contributed by atoms with Crippen molar-refractivity contribution in [2.75, 3.05) is 51.8 Å². The van der Waals surface area contributed by atoms with Crippen LogP contribution in [0.1, 0.15) is 6.42 Å². The van der Waals surface area contributed by atoms with Crippen molar-refractivity contribution >= 4 is 23.0 Å². The third-order valence-corrected chi connectivity index (χ3v) is 3.88. The summed E-state index contributed by atoms with van der Waals surface area (Å²) in [4.78, 5) is 1.59. The average Bonchev–Trinajstić information content (AvgIpc) is 2.53. The minimum absolute atomic E-state index is 0.0891. The molecule has 1 aliphatic heterocycles. The molecule has 0 unspecified atom stereocenters. The molecule has 7 heteroatoms. The van der Waals surface area contributed by atoms with Crippen molar-refractivity contribution in [3.63, 3.8) is 0 Å². The maximum atomic E-state index is 9.72. The standard InChI is InChI=1S/C15H23N3O3S/c1-20-14-4-3-12(11-13(14)19)17-15(22)16-5-2-6-18-7-9-21-10-8-18/h3-4,11,19H,2,5-10H2,1H3,(H2,16,17,22)/p+1. The first kappa shape index (κ1) is 16.8. The van der Waals surface area contributed by atoms with E-state index in [2.05, 4.69) is 10.6 Å². The summed E-state index contributed by atoms with van der Waals surface area (Å²) in [5.41, 5.74) is 0.731. The van der Waals surface area contributed by atoms with Crippen LogP contribution in [-0.2, 0) is 4.74 Å². The molecule has 0 bridgehead atoms. The number of morpholine rings is 1. The third kappa shape index (κ3) is 5.32. The number of methoxy groups -OCH3 is 1. The van der Waals surface area contributed by atoms with Crippen LogP contribution in [0.5, 0.6) is 11.5 Å². The van der Waals surface area contributed by atoms with Gasteiger partial charge in [0.1, 0.15) is 13.1 Å². The maximum absolute atomic E-state index is 9.72. The lowest BCUT2D eigenvalue weighted by Gasteiger charge is -2.23. The zero-order chi connectivity index (χ0) is 15.8. The van der Waals surface area contributed by atoms with Gasteiger partial charge in [-0.3, -0.25) is 0 Å². The second-order valence-electron chi connectivity index (χ2n) is 5.23. The summed E-state index contributed by atoms with van der Waals surface area (Å²) in [5.74, 6) is 0.532. The molecule has 0 aliphatic carbocycles. The number of rotatable bonds is 6. The molecular weight excluding hydrogens is 302 g/mol. The molecule has 0 spiro atoms.